The first-order valence-corrected chi connectivity index (χ1v) is 13.1. The molecule has 2 rings (SSSR count). The lowest BCUT2D eigenvalue weighted by molar-refractivity contribution is -0.148. The molecule has 0 bridgehead atoms. The third-order valence-corrected chi connectivity index (χ3v) is 7.00. The van der Waals surface area contributed by atoms with E-state index in [1.165, 1.54) is 27.3 Å². The lowest BCUT2D eigenvalue weighted by Crippen LogP contribution is -2.34. The minimum absolute atomic E-state index is 0.0684. The van der Waals surface area contributed by atoms with Crippen molar-refractivity contribution >= 4 is 27.4 Å². The van der Waals surface area contributed by atoms with E-state index in [1.54, 1.807) is 0 Å². The second-order valence-electron chi connectivity index (χ2n) is 7.28. The number of esters is 2. The number of nitrogens with one attached hydrogen (secondary N) is 2. The van der Waals surface area contributed by atoms with Crippen LogP contribution in [0.1, 0.15) is 24.6 Å². The summed E-state index contributed by atoms with van der Waals surface area (Å²) in [6, 6.07) is -0.924. The first kappa shape index (κ1) is 31.8. The lowest BCUT2D eigenvalue weighted by Gasteiger charge is -2.19. The summed E-state index contributed by atoms with van der Waals surface area (Å²) < 4.78 is 41.6. The molecule has 1 aromatic heterocycles. The summed E-state index contributed by atoms with van der Waals surface area (Å²) in [4.78, 5) is 74.0. The fourth-order valence-corrected chi connectivity index (χ4v) is 4.60. The molecule has 1 aromatic rings. The molecule has 1 unspecified atom stereocenters. The van der Waals surface area contributed by atoms with Crippen molar-refractivity contribution in [2.24, 2.45) is 5.73 Å². The topological polar surface area (TPSA) is 279 Å². The maximum atomic E-state index is 11.8. The van der Waals surface area contributed by atoms with Crippen LogP contribution < -0.4 is 21.8 Å². The van der Waals surface area contributed by atoms with Crippen molar-refractivity contribution in [1.82, 2.24) is 14.4 Å². The molecule has 8 N–H and O–H groups in total. The number of carbonyl (C=O) groups excluding carboxylic acids is 2. The van der Waals surface area contributed by atoms with Gasteiger partial charge in [0.15, 0.2) is 0 Å². The van der Waals surface area contributed by atoms with E-state index in [9.17, 15) is 38.3 Å². The summed E-state index contributed by atoms with van der Waals surface area (Å²) in [6.45, 7) is 0.798. The van der Waals surface area contributed by atoms with Crippen molar-refractivity contribution in [2.75, 3.05) is 20.8 Å². The van der Waals surface area contributed by atoms with Crippen molar-refractivity contribution in [3.8, 4) is 0 Å². The van der Waals surface area contributed by atoms with Gasteiger partial charge in [0, 0.05) is 18.2 Å². The molecule has 1 aliphatic rings. The van der Waals surface area contributed by atoms with Crippen molar-refractivity contribution in [2.45, 2.75) is 44.2 Å². The SMILES string of the molecule is COC(=O)C[C@H](N)C(=O)OC.Cc1cn([C@H]2C[C@H](O)[C@@H](COP(=O)(O)NP(=O)(O)O)O2)c(=O)[nH]c1=O. The predicted octanol–water partition coefficient (Wildman–Crippen LogP) is -2.66. The third kappa shape index (κ3) is 10.4. The maximum Gasteiger partial charge on any atom is 0.412 e. The number of nitrogens with two attached hydrogens (primary N) is 1. The highest BCUT2D eigenvalue weighted by molar-refractivity contribution is 7.66. The molecule has 36 heavy (non-hydrogen) atoms. The van der Waals surface area contributed by atoms with E-state index in [1.807, 2.05) is 0 Å². The summed E-state index contributed by atoms with van der Waals surface area (Å²) in [5, 5.41) is 9.93. The molecule has 0 aliphatic carbocycles. The van der Waals surface area contributed by atoms with Gasteiger partial charge in [0.25, 0.3) is 5.56 Å². The van der Waals surface area contributed by atoms with E-state index in [0.29, 0.717) is 0 Å². The number of rotatable bonds is 9. The van der Waals surface area contributed by atoms with Gasteiger partial charge in [-0.3, -0.25) is 28.5 Å². The van der Waals surface area contributed by atoms with E-state index < -0.39 is 69.8 Å². The van der Waals surface area contributed by atoms with E-state index >= 15 is 0 Å². The van der Waals surface area contributed by atoms with Crippen LogP contribution in [-0.2, 0) is 37.5 Å². The van der Waals surface area contributed by atoms with Crippen LogP contribution in [0.5, 0.6) is 0 Å². The number of H-pyrrole nitrogens is 1. The number of aliphatic hydroxyl groups excluding tert-OH is 1. The van der Waals surface area contributed by atoms with E-state index in [-0.39, 0.29) is 18.4 Å². The number of hydrogen-bond donors (Lipinski definition) is 7. The maximum absolute atomic E-state index is 11.8. The molecule has 2 heterocycles. The Morgan fingerprint density at radius 3 is 2.42 bits per heavy atom. The molecule has 0 radical (unpaired) electrons. The normalized spacial score (nSPS) is 22.1. The molecular weight excluding hydrogens is 534 g/mol. The van der Waals surface area contributed by atoms with Gasteiger partial charge in [-0.1, -0.05) is 0 Å². The highest BCUT2D eigenvalue weighted by Gasteiger charge is 2.38. The fourth-order valence-electron chi connectivity index (χ4n) is 2.70. The van der Waals surface area contributed by atoms with Crippen LogP contribution in [0.4, 0.5) is 0 Å². The Morgan fingerprint density at radius 1 is 1.28 bits per heavy atom. The minimum atomic E-state index is -5.01. The molecule has 0 spiro atoms. The Bertz CT molecular complexity index is 1130. The first-order chi connectivity index (χ1) is 16.5. The molecule has 1 saturated heterocycles. The number of aromatic nitrogens is 2. The average molecular weight is 562 g/mol. The van der Waals surface area contributed by atoms with Crippen molar-refractivity contribution in [3.63, 3.8) is 0 Å². The van der Waals surface area contributed by atoms with E-state index in [2.05, 4.69) is 19.0 Å². The van der Waals surface area contributed by atoms with Gasteiger partial charge in [0.05, 0.1) is 33.4 Å². The van der Waals surface area contributed by atoms with Crippen LogP contribution >= 0.6 is 15.5 Å². The highest BCUT2D eigenvalue weighted by Crippen LogP contribution is 2.48. The first-order valence-electron chi connectivity index (χ1n) is 9.88. The van der Waals surface area contributed by atoms with Gasteiger partial charge < -0.3 is 39.7 Å². The Balaban J connectivity index is 0.000000497. The van der Waals surface area contributed by atoms with Gasteiger partial charge in [-0.2, -0.15) is 0 Å². The van der Waals surface area contributed by atoms with Crippen LogP contribution in [0, 0.1) is 6.92 Å². The number of aromatic amines is 1. The van der Waals surface area contributed by atoms with Gasteiger partial charge in [-0.15, -0.1) is 4.86 Å². The lowest BCUT2D eigenvalue weighted by atomic mass is 10.2. The van der Waals surface area contributed by atoms with Crippen molar-refractivity contribution in [3.05, 3.63) is 32.6 Å². The van der Waals surface area contributed by atoms with E-state index in [0.717, 1.165) is 9.42 Å². The smallest absolute Gasteiger partial charge is 0.412 e. The second kappa shape index (κ2) is 13.3. The molecule has 0 saturated carbocycles. The molecule has 5 atom stereocenters. The van der Waals surface area contributed by atoms with E-state index in [4.69, 9.17) is 20.3 Å². The number of hydrogen-bond acceptors (Lipinski definition) is 12. The van der Waals surface area contributed by atoms with Crippen molar-refractivity contribution < 1.29 is 57.2 Å². The zero-order valence-corrected chi connectivity index (χ0v) is 21.1. The third-order valence-electron chi connectivity index (χ3n) is 4.45. The Labute approximate surface area is 203 Å². The Hall–Kier alpha value is -2.24. The molecule has 206 valence electrons. The molecule has 18 nitrogen and oxygen atoms in total. The Kier molecular flexibility index (Phi) is 11.8. The van der Waals surface area contributed by atoms with Gasteiger partial charge >= 0.3 is 33.1 Å². The van der Waals surface area contributed by atoms with Gasteiger partial charge in [0.2, 0.25) is 0 Å². The van der Waals surface area contributed by atoms with Gasteiger partial charge in [0.1, 0.15) is 18.4 Å². The quantitative estimate of drug-likeness (QED) is 0.119. The van der Waals surface area contributed by atoms with Crippen LogP contribution in [0.15, 0.2) is 15.8 Å². The van der Waals surface area contributed by atoms with Gasteiger partial charge in [-0.05, 0) is 6.92 Å². The number of methoxy groups -OCH3 is 2. The summed E-state index contributed by atoms with van der Waals surface area (Å²) in [5.74, 6) is -1.14. The number of aryl methyl sites for hydroxylation is 1. The Morgan fingerprint density at radius 2 is 1.89 bits per heavy atom. The fraction of sp³-hybridized carbons (Fsp3) is 0.625. The molecule has 1 fully saturated rings. The minimum Gasteiger partial charge on any atom is -0.469 e. The van der Waals surface area contributed by atoms with Crippen LogP contribution in [0.3, 0.4) is 0 Å². The number of nitrogens with zero attached hydrogens (tertiary/aromatic N) is 1. The molecule has 20 heteroatoms. The molecule has 1 aliphatic heterocycles. The molecule has 0 aromatic carbocycles. The second-order valence-corrected chi connectivity index (χ2v) is 10.5. The van der Waals surface area contributed by atoms with Crippen LogP contribution in [-0.4, -0.2) is 80.4 Å². The predicted molar refractivity (Wildman–Crippen MR) is 118 cm³/mol. The highest BCUT2D eigenvalue weighted by atomic mass is 31.3. The van der Waals surface area contributed by atoms with Crippen LogP contribution in [0.25, 0.3) is 0 Å². The summed E-state index contributed by atoms with van der Waals surface area (Å²) >= 11 is 0. The molecule has 0 amide bonds. The zero-order valence-electron chi connectivity index (χ0n) is 19.3. The van der Waals surface area contributed by atoms with Crippen molar-refractivity contribution in [1.29, 1.82) is 0 Å². The standard InChI is InChI=1S/C10H17N3O10P2.C6H11NO4/c1-5-3-13(10(16)11-9(5)15)8-2-6(14)7(23-8)4-22-25(20,21)12-24(17,18)19;1-10-5(8)3-4(7)6(9)11-2/h3,6-8,14H,2,4H2,1H3,(H,11,15,16)(H4,12,17,18,19,20,21);4H,3,7H2,1-2H3/t6-,7+,8+;4-/m00/s1. The monoisotopic (exact) mass is 562 g/mol. The number of carbonyl (C=O) groups is 2. The summed E-state index contributed by atoms with van der Waals surface area (Å²) in [7, 11) is -7.40. The largest absolute Gasteiger partial charge is 0.469 e. The van der Waals surface area contributed by atoms with Gasteiger partial charge in [-0.25, -0.2) is 13.9 Å². The summed E-state index contributed by atoms with van der Waals surface area (Å²) in [5.41, 5.74) is 4.14. The zero-order chi connectivity index (χ0) is 27.8. The molecular formula is C16H28N4O14P2. The van der Waals surface area contributed by atoms with Crippen LogP contribution in [0.2, 0.25) is 0 Å². The number of ether oxygens (including phenoxy) is 3. The average Bonchev–Trinajstić information content (AvgIpc) is 3.13. The number of aliphatic hydroxyl groups is 1. The summed E-state index contributed by atoms with van der Waals surface area (Å²) in [6.07, 6.45) is -2.25.